The number of aromatic amines is 1. The maximum absolute atomic E-state index is 12.7. The van der Waals surface area contributed by atoms with Crippen LogP contribution in [0.2, 0.25) is 0 Å². The zero-order valence-electron chi connectivity index (χ0n) is 7.11. The fourth-order valence-corrected chi connectivity index (χ4v) is 0.903. The molecule has 7 heteroatoms. The molecule has 14 heavy (non-hydrogen) atoms. The van der Waals surface area contributed by atoms with Gasteiger partial charge < -0.3 is 10.2 Å². The Kier molecular flexibility index (Phi) is 3.15. The molecule has 0 spiro atoms. The van der Waals surface area contributed by atoms with E-state index < -0.39 is 29.8 Å². The third-order valence-corrected chi connectivity index (χ3v) is 1.59. The molecule has 0 saturated carbocycles. The first-order valence-electron chi connectivity index (χ1n) is 3.82. The van der Waals surface area contributed by atoms with Gasteiger partial charge in [0.2, 0.25) is 5.82 Å². The van der Waals surface area contributed by atoms with Crippen molar-refractivity contribution in [1.82, 2.24) is 9.55 Å². The summed E-state index contributed by atoms with van der Waals surface area (Å²) in [6.07, 6.45) is -0.488. The first kappa shape index (κ1) is 10.6. The van der Waals surface area contributed by atoms with Gasteiger partial charge in [0.1, 0.15) is 0 Å². The van der Waals surface area contributed by atoms with Gasteiger partial charge in [-0.2, -0.15) is 4.39 Å². The van der Waals surface area contributed by atoms with Crippen molar-refractivity contribution in [2.45, 2.75) is 12.6 Å². The molecule has 1 aromatic heterocycles. The predicted octanol–water partition coefficient (Wildman–Crippen LogP) is -1.97. The Hall–Kier alpha value is -1.47. The van der Waals surface area contributed by atoms with Crippen molar-refractivity contribution in [3.63, 3.8) is 0 Å². The van der Waals surface area contributed by atoms with Crippen LogP contribution in [0.1, 0.15) is 0 Å². The molecule has 0 unspecified atom stereocenters. The maximum Gasteiger partial charge on any atom is 0.328 e. The van der Waals surface area contributed by atoms with E-state index in [-0.39, 0.29) is 6.54 Å². The van der Waals surface area contributed by atoms with E-state index in [2.05, 4.69) is 0 Å². The predicted molar refractivity (Wildman–Crippen MR) is 44.4 cm³/mol. The van der Waals surface area contributed by atoms with Crippen molar-refractivity contribution in [1.29, 1.82) is 0 Å². The van der Waals surface area contributed by atoms with Crippen molar-refractivity contribution in [3.05, 3.63) is 32.9 Å². The van der Waals surface area contributed by atoms with E-state index in [1.165, 1.54) is 0 Å². The summed E-state index contributed by atoms with van der Waals surface area (Å²) in [5.74, 6) is -1.12. The van der Waals surface area contributed by atoms with Gasteiger partial charge in [0.25, 0.3) is 5.56 Å². The van der Waals surface area contributed by atoms with Crippen LogP contribution in [-0.2, 0) is 6.54 Å². The van der Waals surface area contributed by atoms with Crippen molar-refractivity contribution in [3.8, 4) is 0 Å². The molecular formula is C7H9FN2O4. The molecular weight excluding hydrogens is 195 g/mol. The number of H-pyrrole nitrogens is 1. The van der Waals surface area contributed by atoms with Crippen LogP contribution in [0.15, 0.2) is 15.8 Å². The van der Waals surface area contributed by atoms with Crippen molar-refractivity contribution in [2.75, 3.05) is 6.61 Å². The smallest absolute Gasteiger partial charge is 0.328 e. The lowest BCUT2D eigenvalue weighted by atomic mass is 10.4. The molecule has 0 aliphatic heterocycles. The average molecular weight is 204 g/mol. The van der Waals surface area contributed by atoms with Crippen molar-refractivity contribution >= 4 is 0 Å². The average Bonchev–Trinajstić information content (AvgIpc) is 2.14. The van der Waals surface area contributed by atoms with Gasteiger partial charge in [-0.1, -0.05) is 0 Å². The van der Waals surface area contributed by atoms with E-state index in [1.54, 1.807) is 4.98 Å². The molecule has 0 aliphatic carbocycles. The third kappa shape index (κ3) is 2.27. The molecule has 0 bridgehead atoms. The van der Waals surface area contributed by atoms with Crippen molar-refractivity contribution in [2.24, 2.45) is 0 Å². The number of aliphatic hydroxyl groups is 2. The van der Waals surface area contributed by atoms with Crippen LogP contribution >= 0.6 is 0 Å². The standard InChI is InChI=1S/C7H9FN2O4/c8-5-2-10(1-4(12)3-11)7(14)9-6(5)13/h2,4,11-12H,1,3H2,(H,9,13,14)/t4-/m1/s1. The molecule has 78 valence electrons. The Bertz CT molecular complexity index is 424. The highest BCUT2D eigenvalue weighted by Crippen LogP contribution is 1.88. The number of hydrogen-bond acceptors (Lipinski definition) is 4. The summed E-state index contributed by atoms with van der Waals surface area (Å²) >= 11 is 0. The fraction of sp³-hybridized carbons (Fsp3) is 0.429. The lowest BCUT2D eigenvalue weighted by Crippen LogP contribution is -2.35. The van der Waals surface area contributed by atoms with Crippen LogP contribution in [-0.4, -0.2) is 32.5 Å². The van der Waals surface area contributed by atoms with E-state index in [0.717, 1.165) is 4.57 Å². The van der Waals surface area contributed by atoms with Gasteiger partial charge in [-0.25, -0.2) is 4.79 Å². The van der Waals surface area contributed by atoms with Crippen molar-refractivity contribution < 1.29 is 14.6 Å². The van der Waals surface area contributed by atoms with E-state index in [4.69, 9.17) is 10.2 Å². The SMILES string of the molecule is O=c1[nH]c(=O)n(C[C@@H](O)CO)cc1F. The Balaban J connectivity index is 3.04. The fourth-order valence-electron chi connectivity index (χ4n) is 0.903. The normalized spacial score (nSPS) is 12.8. The zero-order chi connectivity index (χ0) is 10.7. The summed E-state index contributed by atoms with van der Waals surface area (Å²) in [5.41, 5.74) is -1.94. The summed E-state index contributed by atoms with van der Waals surface area (Å²) in [5, 5.41) is 17.5. The van der Waals surface area contributed by atoms with Gasteiger partial charge >= 0.3 is 5.69 Å². The number of aromatic nitrogens is 2. The Labute approximate surface area is 77.3 Å². The summed E-state index contributed by atoms with van der Waals surface area (Å²) in [4.78, 5) is 23.3. The van der Waals surface area contributed by atoms with Gasteiger partial charge in [-0.15, -0.1) is 0 Å². The first-order chi connectivity index (χ1) is 6.54. The van der Waals surface area contributed by atoms with E-state index in [0.29, 0.717) is 6.20 Å². The lowest BCUT2D eigenvalue weighted by Gasteiger charge is -2.08. The quantitative estimate of drug-likeness (QED) is 0.532. The van der Waals surface area contributed by atoms with Crippen LogP contribution in [0.4, 0.5) is 4.39 Å². The monoisotopic (exact) mass is 204 g/mol. The lowest BCUT2D eigenvalue weighted by molar-refractivity contribution is 0.0797. The number of rotatable bonds is 3. The topological polar surface area (TPSA) is 95.3 Å². The number of halogens is 1. The molecule has 6 nitrogen and oxygen atoms in total. The molecule has 1 rings (SSSR count). The van der Waals surface area contributed by atoms with E-state index >= 15 is 0 Å². The molecule has 0 fully saturated rings. The van der Waals surface area contributed by atoms with Gasteiger partial charge in [0.05, 0.1) is 25.5 Å². The minimum atomic E-state index is -1.17. The highest BCUT2D eigenvalue weighted by atomic mass is 19.1. The maximum atomic E-state index is 12.7. The molecule has 0 aliphatic rings. The minimum Gasteiger partial charge on any atom is -0.394 e. The number of aliphatic hydroxyl groups excluding tert-OH is 2. The molecule has 0 saturated heterocycles. The van der Waals surface area contributed by atoms with Crippen LogP contribution < -0.4 is 11.2 Å². The Morgan fingerprint density at radius 2 is 2.21 bits per heavy atom. The second-order valence-corrected chi connectivity index (χ2v) is 2.73. The summed E-state index contributed by atoms with van der Waals surface area (Å²) in [6.45, 7) is -0.823. The summed E-state index contributed by atoms with van der Waals surface area (Å²) < 4.78 is 13.4. The third-order valence-electron chi connectivity index (χ3n) is 1.59. The number of nitrogens with one attached hydrogen (secondary N) is 1. The zero-order valence-corrected chi connectivity index (χ0v) is 7.11. The highest BCUT2D eigenvalue weighted by molar-refractivity contribution is 4.87. The second-order valence-electron chi connectivity index (χ2n) is 2.73. The van der Waals surface area contributed by atoms with Gasteiger partial charge in [0.15, 0.2) is 0 Å². The van der Waals surface area contributed by atoms with Gasteiger partial charge in [0, 0.05) is 0 Å². The molecule has 0 amide bonds. The van der Waals surface area contributed by atoms with E-state index in [1.807, 2.05) is 0 Å². The van der Waals surface area contributed by atoms with Gasteiger partial charge in [-0.05, 0) is 0 Å². The summed E-state index contributed by atoms with van der Waals surface area (Å²) in [7, 11) is 0. The Morgan fingerprint density at radius 1 is 1.57 bits per heavy atom. The number of hydrogen-bond donors (Lipinski definition) is 3. The minimum absolute atomic E-state index is 0.275. The highest BCUT2D eigenvalue weighted by Gasteiger charge is 2.07. The molecule has 0 aromatic carbocycles. The summed E-state index contributed by atoms with van der Waals surface area (Å²) in [6, 6.07) is 0. The van der Waals surface area contributed by atoms with Crippen LogP contribution in [0.25, 0.3) is 0 Å². The molecule has 3 N–H and O–H groups in total. The van der Waals surface area contributed by atoms with Crippen LogP contribution in [0.3, 0.4) is 0 Å². The number of nitrogens with zero attached hydrogens (tertiary/aromatic N) is 1. The molecule has 1 aromatic rings. The molecule has 0 radical (unpaired) electrons. The molecule has 1 atom stereocenters. The van der Waals surface area contributed by atoms with Gasteiger partial charge in [-0.3, -0.25) is 14.3 Å². The largest absolute Gasteiger partial charge is 0.394 e. The molecule has 1 heterocycles. The van der Waals surface area contributed by atoms with E-state index in [9.17, 15) is 14.0 Å². The first-order valence-corrected chi connectivity index (χ1v) is 3.82. The van der Waals surface area contributed by atoms with Crippen LogP contribution in [0.5, 0.6) is 0 Å². The second kappa shape index (κ2) is 4.16. The van der Waals surface area contributed by atoms with Crippen LogP contribution in [0, 0.1) is 5.82 Å². The Morgan fingerprint density at radius 3 is 2.79 bits per heavy atom.